The minimum atomic E-state index is -0.271. The maximum absolute atomic E-state index is 13.3. The Bertz CT molecular complexity index is 1400. The van der Waals surface area contributed by atoms with Crippen molar-refractivity contribution in [2.45, 2.75) is 18.0 Å². The van der Waals surface area contributed by atoms with Crippen molar-refractivity contribution in [2.24, 2.45) is 5.92 Å². The molecule has 0 saturated heterocycles. The Kier molecular flexibility index (Phi) is 5.87. The molecule has 0 saturated carbocycles. The predicted molar refractivity (Wildman–Crippen MR) is 117 cm³/mol. The topological polar surface area (TPSA) is 109 Å². The van der Waals surface area contributed by atoms with Gasteiger partial charge in [0.15, 0.2) is 5.16 Å². The monoisotopic (exact) mass is 430 g/mol. The van der Waals surface area contributed by atoms with Gasteiger partial charge in [-0.3, -0.25) is 9.20 Å². The number of hydrogen-bond acceptors (Lipinski definition) is 7. The SMILES string of the molecule is COc1cccc(-n2c(=O)c3ccccc3n3c(SCC(C#N)CCC#N)nnc23)c1. The number of methoxy groups -OCH3 is 1. The van der Waals surface area contributed by atoms with Gasteiger partial charge in [0.2, 0.25) is 5.78 Å². The normalized spacial score (nSPS) is 11.8. The molecule has 4 rings (SSSR count). The lowest BCUT2D eigenvalue weighted by atomic mass is 10.1. The van der Waals surface area contributed by atoms with E-state index in [1.165, 1.54) is 16.3 Å². The molecule has 0 N–H and O–H groups in total. The van der Waals surface area contributed by atoms with Gasteiger partial charge in [0, 0.05) is 18.2 Å². The van der Waals surface area contributed by atoms with Gasteiger partial charge in [-0.25, -0.2) is 4.57 Å². The van der Waals surface area contributed by atoms with Crippen LogP contribution in [0.2, 0.25) is 0 Å². The van der Waals surface area contributed by atoms with E-state index in [1.807, 2.05) is 34.7 Å². The Morgan fingerprint density at radius 3 is 2.77 bits per heavy atom. The molecule has 0 aliphatic carbocycles. The van der Waals surface area contributed by atoms with Crippen molar-refractivity contribution in [1.82, 2.24) is 19.2 Å². The molecule has 9 heteroatoms. The average Bonchev–Trinajstić information content (AvgIpc) is 3.23. The molecular weight excluding hydrogens is 412 g/mol. The first-order valence-corrected chi connectivity index (χ1v) is 10.6. The number of ether oxygens (including phenoxy) is 1. The molecule has 31 heavy (non-hydrogen) atoms. The zero-order valence-corrected chi connectivity index (χ0v) is 17.5. The standard InChI is InChI=1S/C22H18N6O2S/c1-30-17-8-4-7-16(12-17)27-20(29)18-9-2-3-10-19(18)28-21(27)25-26-22(28)31-14-15(13-24)6-5-11-23/h2-4,7-10,12,15H,5-6,14H2,1H3. The lowest BCUT2D eigenvalue weighted by Crippen LogP contribution is -2.21. The van der Waals surface area contributed by atoms with Crippen LogP contribution in [0.15, 0.2) is 58.5 Å². The highest BCUT2D eigenvalue weighted by atomic mass is 32.2. The first kappa shape index (κ1) is 20.5. The van der Waals surface area contributed by atoms with Gasteiger partial charge in [-0.2, -0.15) is 10.5 Å². The number of para-hydroxylation sites is 1. The van der Waals surface area contributed by atoms with Crippen molar-refractivity contribution in [3.05, 3.63) is 58.9 Å². The molecule has 0 bridgehead atoms. The number of benzene rings is 2. The van der Waals surface area contributed by atoms with Gasteiger partial charge in [-0.1, -0.05) is 30.0 Å². The fraction of sp³-hybridized carbons (Fsp3) is 0.227. The van der Waals surface area contributed by atoms with E-state index in [2.05, 4.69) is 22.3 Å². The summed E-state index contributed by atoms with van der Waals surface area (Å²) in [6, 6.07) is 18.8. The van der Waals surface area contributed by atoms with Crippen LogP contribution in [-0.4, -0.2) is 32.0 Å². The number of nitriles is 2. The van der Waals surface area contributed by atoms with Gasteiger partial charge in [0.25, 0.3) is 5.56 Å². The van der Waals surface area contributed by atoms with Crippen LogP contribution in [0.4, 0.5) is 0 Å². The first-order chi connectivity index (χ1) is 15.2. The van der Waals surface area contributed by atoms with Crippen molar-refractivity contribution in [3.63, 3.8) is 0 Å². The smallest absolute Gasteiger partial charge is 0.267 e. The summed E-state index contributed by atoms with van der Waals surface area (Å²) in [5.74, 6) is 1.21. The summed E-state index contributed by atoms with van der Waals surface area (Å²) in [5, 5.41) is 27.9. The highest BCUT2D eigenvalue weighted by Gasteiger charge is 2.19. The molecule has 0 aliphatic rings. The van der Waals surface area contributed by atoms with Crippen molar-refractivity contribution in [3.8, 4) is 23.6 Å². The zero-order chi connectivity index (χ0) is 21.8. The minimum absolute atomic E-state index is 0.204. The molecule has 2 aromatic carbocycles. The summed E-state index contributed by atoms with van der Waals surface area (Å²) < 4.78 is 8.66. The Labute approximate surface area is 182 Å². The van der Waals surface area contributed by atoms with Crippen LogP contribution < -0.4 is 10.3 Å². The molecule has 0 amide bonds. The number of thioether (sulfide) groups is 1. The molecule has 2 heterocycles. The molecule has 0 fully saturated rings. The Balaban J connectivity index is 1.88. The molecule has 1 unspecified atom stereocenters. The highest BCUT2D eigenvalue weighted by molar-refractivity contribution is 7.99. The lowest BCUT2D eigenvalue weighted by molar-refractivity contribution is 0.414. The number of rotatable bonds is 7. The number of fused-ring (bicyclic) bond motifs is 3. The van der Waals surface area contributed by atoms with Crippen LogP contribution in [0.5, 0.6) is 5.75 Å². The van der Waals surface area contributed by atoms with E-state index in [4.69, 9.17) is 10.00 Å². The lowest BCUT2D eigenvalue weighted by Gasteiger charge is -2.12. The number of nitrogens with zero attached hydrogens (tertiary/aromatic N) is 6. The van der Waals surface area contributed by atoms with Gasteiger partial charge < -0.3 is 4.74 Å². The summed E-state index contributed by atoms with van der Waals surface area (Å²) >= 11 is 1.39. The van der Waals surface area contributed by atoms with Gasteiger partial charge in [0.1, 0.15) is 5.75 Å². The van der Waals surface area contributed by atoms with Crippen LogP contribution in [0.25, 0.3) is 22.4 Å². The second kappa shape index (κ2) is 8.90. The molecule has 0 radical (unpaired) electrons. The van der Waals surface area contributed by atoms with Gasteiger partial charge in [-0.05, 0) is 30.7 Å². The van der Waals surface area contributed by atoms with Crippen molar-refractivity contribution in [2.75, 3.05) is 12.9 Å². The van der Waals surface area contributed by atoms with E-state index in [9.17, 15) is 10.1 Å². The third-order valence-electron chi connectivity index (χ3n) is 4.91. The summed E-state index contributed by atoms with van der Waals surface area (Å²) in [6.07, 6.45) is 0.837. The maximum Gasteiger partial charge on any atom is 0.267 e. The van der Waals surface area contributed by atoms with Crippen LogP contribution in [-0.2, 0) is 0 Å². The van der Waals surface area contributed by atoms with E-state index >= 15 is 0 Å². The van der Waals surface area contributed by atoms with Crippen LogP contribution >= 0.6 is 11.8 Å². The molecule has 8 nitrogen and oxygen atoms in total. The molecule has 0 spiro atoms. The molecule has 2 aromatic heterocycles. The largest absolute Gasteiger partial charge is 0.497 e. The van der Waals surface area contributed by atoms with Crippen molar-refractivity contribution < 1.29 is 4.74 Å². The fourth-order valence-electron chi connectivity index (χ4n) is 3.35. The minimum Gasteiger partial charge on any atom is -0.497 e. The number of hydrogen-bond donors (Lipinski definition) is 0. The number of aromatic nitrogens is 4. The zero-order valence-electron chi connectivity index (χ0n) is 16.7. The van der Waals surface area contributed by atoms with Gasteiger partial charge >= 0.3 is 0 Å². The Hall–Kier alpha value is -3.82. The van der Waals surface area contributed by atoms with Crippen LogP contribution in [0.1, 0.15) is 12.8 Å². The summed E-state index contributed by atoms with van der Waals surface area (Å²) in [7, 11) is 1.57. The predicted octanol–water partition coefficient (Wildman–Crippen LogP) is 3.58. The van der Waals surface area contributed by atoms with Gasteiger partial charge in [-0.15, -0.1) is 10.2 Å². The fourth-order valence-corrected chi connectivity index (χ4v) is 4.35. The van der Waals surface area contributed by atoms with E-state index in [-0.39, 0.29) is 11.5 Å². The third kappa shape index (κ3) is 3.83. The quantitative estimate of drug-likeness (QED) is 0.412. The van der Waals surface area contributed by atoms with E-state index in [1.54, 1.807) is 25.3 Å². The Morgan fingerprint density at radius 1 is 1.16 bits per heavy atom. The summed E-state index contributed by atoms with van der Waals surface area (Å²) in [6.45, 7) is 0. The van der Waals surface area contributed by atoms with E-state index in [0.717, 1.165) is 0 Å². The molecular formula is C22H18N6O2S. The van der Waals surface area contributed by atoms with Crippen molar-refractivity contribution in [1.29, 1.82) is 10.5 Å². The summed E-state index contributed by atoms with van der Waals surface area (Å²) in [5.41, 5.74) is 1.11. The summed E-state index contributed by atoms with van der Waals surface area (Å²) in [4.78, 5) is 13.3. The first-order valence-electron chi connectivity index (χ1n) is 9.60. The molecule has 1 atom stereocenters. The van der Waals surface area contributed by atoms with E-state index in [0.29, 0.717) is 51.9 Å². The molecule has 154 valence electrons. The van der Waals surface area contributed by atoms with Gasteiger partial charge in [0.05, 0.1) is 41.8 Å². The second-order valence-electron chi connectivity index (χ2n) is 6.81. The molecule has 0 aliphatic heterocycles. The van der Waals surface area contributed by atoms with Crippen LogP contribution in [0.3, 0.4) is 0 Å². The third-order valence-corrected chi connectivity index (χ3v) is 6.00. The van der Waals surface area contributed by atoms with Crippen molar-refractivity contribution >= 4 is 28.4 Å². The highest BCUT2D eigenvalue weighted by Crippen LogP contribution is 2.26. The Morgan fingerprint density at radius 2 is 2.00 bits per heavy atom. The van der Waals surface area contributed by atoms with E-state index < -0.39 is 0 Å². The average molecular weight is 430 g/mol. The second-order valence-corrected chi connectivity index (χ2v) is 7.80. The molecule has 4 aromatic rings. The maximum atomic E-state index is 13.3. The van der Waals surface area contributed by atoms with Crippen LogP contribution in [0, 0.1) is 28.6 Å².